The lowest BCUT2D eigenvalue weighted by Gasteiger charge is -2.32. The third kappa shape index (κ3) is 8.08. The van der Waals surface area contributed by atoms with Crippen LogP contribution in [0.5, 0.6) is 0 Å². The Balaban J connectivity index is 2.03. The second-order valence-electron chi connectivity index (χ2n) is 9.72. The maximum absolute atomic E-state index is 14.0. The van der Waals surface area contributed by atoms with Crippen LogP contribution in [-0.4, -0.2) is 44.3 Å². The molecule has 0 saturated heterocycles. The summed E-state index contributed by atoms with van der Waals surface area (Å²) < 4.78 is 29.9. The number of anilines is 1. The van der Waals surface area contributed by atoms with Crippen molar-refractivity contribution in [2.75, 3.05) is 17.4 Å². The zero-order valence-corrected chi connectivity index (χ0v) is 26.3. The first-order chi connectivity index (χ1) is 18.9. The molecule has 0 bridgehead atoms. The molecule has 3 rings (SSSR count). The van der Waals surface area contributed by atoms with E-state index in [1.54, 1.807) is 44.2 Å². The number of unbranched alkanes of at least 4 members (excludes halogenated alkanes) is 1. The van der Waals surface area contributed by atoms with Gasteiger partial charge in [0.25, 0.3) is 10.0 Å². The Labute approximate surface area is 250 Å². The number of amides is 2. The fourth-order valence-electron chi connectivity index (χ4n) is 4.15. The summed E-state index contributed by atoms with van der Waals surface area (Å²) in [5.74, 6) is -0.805. The molecule has 0 heterocycles. The van der Waals surface area contributed by atoms with Crippen molar-refractivity contribution in [2.45, 2.75) is 58.0 Å². The third-order valence-electron chi connectivity index (χ3n) is 6.58. The number of sulfonamides is 1. The van der Waals surface area contributed by atoms with Gasteiger partial charge in [-0.2, -0.15) is 0 Å². The Morgan fingerprint density at radius 1 is 1.00 bits per heavy atom. The van der Waals surface area contributed by atoms with Gasteiger partial charge in [-0.05, 0) is 80.8 Å². The summed E-state index contributed by atoms with van der Waals surface area (Å²) in [5.41, 5.74) is 2.65. The third-order valence-corrected chi connectivity index (χ3v) is 9.12. The molecule has 0 fully saturated rings. The summed E-state index contributed by atoms with van der Waals surface area (Å²) in [4.78, 5) is 28.5. The van der Waals surface area contributed by atoms with Crippen LogP contribution in [0.3, 0.4) is 0 Å². The van der Waals surface area contributed by atoms with Gasteiger partial charge in [-0.3, -0.25) is 13.9 Å². The van der Waals surface area contributed by atoms with Crippen LogP contribution >= 0.6 is 27.5 Å². The summed E-state index contributed by atoms with van der Waals surface area (Å²) in [6.07, 6.45) is 1.74. The molecule has 0 radical (unpaired) electrons. The van der Waals surface area contributed by atoms with Gasteiger partial charge < -0.3 is 10.2 Å². The van der Waals surface area contributed by atoms with E-state index in [0.717, 1.165) is 32.7 Å². The number of hydrogen-bond acceptors (Lipinski definition) is 4. The van der Waals surface area contributed by atoms with E-state index in [2.05, 4.69) is 21.2 Å². The van der Waals surface area contributed by atoms with E-state index in [0.29, 0.717) is 22.8 Å². The van der Waals surface area contributed by atoms with Gasteiger partial charge in [0.05, 0.1) is 10.6 Å². The van der Waals surface area contributed by atoms with Crippen molar-refractivity contribution >= 4 is 55.1 Å². The molecule has 1 N–H and O–H groups in total. The number of hydrogen-bond donors (Lipinski definition) is 1. The highest BCUT2D eigenvalue weighted by molar-refractivity contribution is 9.10. The van der Waals surface area contributed by atoms with Crippen molar-refractivity contribution in [3.05, 3.63) is 92.9 Å². The van der Waals surface area contributed by atoms with Crippen molar-refractivity contribution in [2.24, 2.45) is 0 Å². The lowest BCUT2D eigenvalue weighted by atomic mass is 10.1. The Kier molecular flexibility index (Phi) is 11.2. The van der Waals surface area contributed by atoms with Gasteiger partial charge in [-0.15, -0.1) is 0 Å². The number of halogens is 2. The molecule has 0 aliphatic carbocycles. The first kappa shape index (κ1) is 31.6. The lowest BCUT2D eigenvalue weighted by molar-refractivity contribution is -0.139. The fourth-order valence-corrected chi connectivity index (χ4v) is 6.12. The largest absolute Gasteiger partial charge is 0.354 e. The molecule has 0 aliphatic rings. The minimum atomic E-state index is -4.14. The average Bonchev–Trinajstić information content (AvgIpc) is 2.91. The van der Waals surface area contributed by atoms with E-state index in [-0.39, 0.29) is 17.3 Å². The summed E-state index contributed by atoms with van der Waals surface area (Å²) in [5, 5.41) is 3.34. The van der Waals surface area contributed by atoms with Gasteiger partial charge in [0.15, 0.2) is 0 Å². The second-order valence-corrected chi connectivity index (χ2v) is 12.9. The summed E-state index contributed by atoms with van der Waals surface area (Å²) in [7, 11) is -4.14. The lowest BCUT2D eigenvalue weighted by Crippen LogP contribution is -2.51. The Bertz CT molecular complexity index is 1430. The highest BCUT2D eigenvalue weighted by Crippen LogP contribution is 2.29. The topological polar surface area (TPSA) is 86.8 Å². The molecule has 0 saturated carbocycles. The molecule has 3 aromatic rings. The average molecular weight is 649 g/mol. The predicted molar refractivity (Wildman–Crippen MR) is 164 cm³/mol. The quantitative estimate of drug-likeness (QED) is 0.235. The molecule has 40 heavy (non-hydrogen) atoms. The predicted octanol–water partition coefficient (Wildman–Crippen LogP) is 6.25. The highest BCUT2D eigenvalue weighted by Gasteiger charge is 2.33. The van der Waals surface area contributed by atoms with Crippen LogP contribution in [0, 0.1) is 13.8 Å². The zero-order valence-electron chi connectivity index (χ0n) is 23.2. The molecule has 7 nitrogen and oxygen atoms in total. The number of nitrogens with one attached hydrogen (secondary N) is 1. The van der Waals surface area contributed by atoms with Gasteiger partial charge in [0.1, 0.15) is 12.6 Å². The van der Waals surface area contributed by atoms with Crippen LogP contribution in [0.2, 0.25) is 5.02 Å². The molecule has 3 aromatic carbocycles. The Hall–Kier alpha value is -2.88. The van der Waals surface area contributed by atoms with Crippen molar-refractivity contribution in [1.29, 1.82) is 0 Å². The van der Waals surface area contributed by atoms with Crippen molar-refractivity contribution in [3.63, 3.8) is 0 Å². The van der Waals surface area contributed by atoms with Crippen molar-refractivity contribution in [1.82, 2.24) is 10.2 Å². The van der Waals surface area contributed by atoms with E-state index in [1.807, 2.05) is 38.1 Å². The number of carbonyl (C=O) groups is 2. The normalized spacial score (nSPS) is 12.1. The van der Waals surface area contributed by atoms with E-state index in [9.17, 15) is 18.0 Å². The molecular formula is C30H35BrClN3O4S. The summed E-state index contributed by atoms with van der Waals surface area (Å²) in [6, 6.07) is 17.9. The molecule has 0 aliphatic heterocycles. The SMILES string of the molecule is CCCCNC(=O)[C@H](C)N(Cc1ccc(Br)cc1)C(=O)CN(c1ccc(Cl)cc1C)S(=O)(=O)c1ccc(C)cc1. The highest BCUT2D eigenvalue weighted by atomic mass is 79.9. The molecular weight excluding hydrogens is 614 g/mol. The van der Waals surface area contributed by atoms with Gasteiger partial charge in [-0.1, -0.05) is 70.7 Å². The van der Waals surface area contributed by atoms with Crippen LogP contribution in [0.1, 0.15) is 43.4 Å². The zero-order chi connectivity index (χ0) is 29.4. The second kappa shape index (κ2) is 14.1. The fraction of sp³-hybridized carbons (Fsp3) is 0.333. The Morgan fingerprint density at radius 3 is 2.25 bits per heavy atom. The number of rotatable bonds is 12. The van der Waals surface area contributed by atoms with Gasteiger partial charge >= 0.3 is 0 Å². The molecule has 10 heteroatoms. The smallest absolute Gasteiger partial charge is 0.264 e. The van der Waals surface area contributed by atoms with Crippen LogP contribution in [0.15, 0.2) is 76.1 Å². The van der Waals surface area contributed by atoms with Crippen LogP contribution < -0.4 is 9.62 Å². The molecule has 1 atom stereocenters. The van der Waals surface area contributed by atoms with E-state index in [1.165, 1.54) is 17.0 Å². The number of aryl methyl sites for hydroxylation is 2. The van der Waals surface area contributed by atoms with Crippen LogP contribution in [-0.2, 0) is 26.2 Å². The molecule has 0 unspecified atom stereocenters. The van der Waals surface area contributed by atoms with Crippen molar-refractivity contribution in [3.8, 4) is 0 Å². The monoisotopic (exact) mass is 647 g/mol. The molecule has 214 valence electrons. The molecule has 2 amide bonds. The standard InChI is InChI=1S/C30H35BrClN3O4S/c1-5-6-17-33-30(37)23(4)34(19-24-9-11-25(31)12-10-24)29(36)20-35(28-16-13-26(32)18-22(28)3)40(38,39)27-14-7-21(2)8-15-27/h7-16,18,23H,5-6,17,19-20H2,1-4H3,(H,33,37)/t23-/m0/s1. The van der Waals surface area contributed by atoms with Gasteiger partial charge in [-0.25, -0.2) is 8.42 Å². The Morgan fingerprint density at radius 2 is 1.65 bits per heavy atom. The number of benzene rings is 3. The van der Waals surface area contributed by atoms with E-state index >= 15 is 0 Å². The molecule has 0 spiro atoms. The number of carbonyl (C=O) groups excluding carboxylic acids is 2. The minimum absolute atomic E-state index is 0.0602. The van der Waals surface area contributed by atoms with Crippen LogP contribution in [0.4, 0.5) is 5.69 Å². The summed E-state index contributed by atoms with van der Waals surface area (Å²) in [6.45, 7) is 7.43. The first-order valence-electron chi connectivity index (χ1n) is 13.1. The maximum atomic E-state index is 14.0. The van der Waals surface area contributed by atoms with Crippen LogP contribution in [0.25, 0.3) is 0 Å². The van der Waals surface area contributed by atoms with Gasteiger partial charge in [0, 0.05) is 22.6 Å². The van der Waals surface area contributed by atoms with Crippen molar-refractivity contribution < 1.29 is 18.0 Å². The maximum Gasteiger partial charge on any atom is 0.264 e. The number of nitrogens with zero attached hydrogens (tertiary/aromatic N) is 2. The van der Waals surface area contributed by atoms with E-state index in [4.69, 9.17) is 11.6 Å². The minimum Gasteiger partial charge on any atom is -0.354 e. The first-order valence-corrected chi connectivity index (χ1v) is 15.7. The summed E-state index contributed by atoms with van der Waals surface area (Å²) >= 11 is 9.58. The van der Waals surface area contributed by atoms with Gasteiger partial charge in [0.2, 0.25) is 11.8 Å². The van der Waals surface area contributed by atoms with E-state index < -0.39 is 28.5 Å². The molecule has 0 aromatic heterocycles.